The van der Waals surface area contributed by atoms with Gasteiger partial charge in [-0.1, -0.05) is 31.9 Å². The Bertz CT molecular complexity index is 1020. The molecular weight excluding hydrogens is 496 g/mol. The van der Waals surface area contributed by atoms with Crippen molar-refractivity contribution >= 4 is 17.2 Å². The molecule has 0 aliphatic heterocycles. The number of alkyl halides is 6. The van der Waals surface area contributed by atoms with Gasteiger partial charge in [-0.3, -0.25) is 4.79 Å². The van der Waals surface area contributed by atoms with Gasteiger partial charge in [-0.05, 0) is 43.4 Å². The quantitative estimate of drug-likeness (QED) is 0.341. The number of carbonyl (C=O) groups is 1. The molecule has 1 aliphatic carbocycles. The zero-order valence-corrected chi connectivity index (χ0v) is 19.9. The third kappa shape index (κ3) is 7.40. The van der Waals surface area contributed by atoms with Crippen LogP contribution < -0.4 is 10.6 Å². The number of rotatable bonds is 10. The second-order valence-corrected chi connectivity index (χ2v) is 9.78. The number of aliphatic hydroxyl groups excluding tert-OH is 1. The fourth-order valence-electron chi connectivity index (χ4n) is 3.67. The summed E-state index contributed by atoms with van der Waals surface area (Å²) >= 11 is 0.420. The lowest BCUT2D eigenvalue weighted by Gasteiger charge is -2.18. The van der Waals surface area contributed by atoms with Crippen molar-refractivity contribution in [1.82, 2.24) is 15.6 Å². The topological polar surface area (TPSA) is 74.2 Å². The van der Waals surface area contributed by atoms with E-state index < -0.39 is 46.5 Å². The molecule has 3 unspecified atom stereocenters. The first kappa shape index (κ1) is 27.4. The van der Waals surface area contributed by atoms with Gasteiger partial charge < -0.3 is 15.7 Å². The number of hydrogen-bond acceptors (Lipinski definition) is 5. The maximum Gasteiger partial charge on any atom is 0.435 e. The van der Waals surface area contributed by atoms with E-state index in [1.54, 1.807) is 0 Å². The number of carbonyl (C=O) groups excluding carboxylic acids is 1. The Labute approximate surface area is 203 Å². The monoisotopic (exact) mass is 523 g/mol. The van der Waals surface area contributed by atoms with Crippen molar-refractivity contribution in [3.63, 3.8) is 0 Å². The molecule has 1 fully saturated rings. The van der Waals surface area contributed by atoms with Crippen molar-refractivity contribution < 1.29 is 36.2 Å². The first-order chi connectivity index (χ1) is 16.3. The lowest BCUT2D eigenvalue weighted by Crippen LogP contribution is -2.32. The summed E-state index contributed by atoms with van der Waals surface area (Å²) in [4.78, 5) is 15.4. The van der Waals surface area contributed by atoms with E-state index in [9.17, 15) is 36.2 Å². The highest BCUT2D eigenvalue weighted by Crippen LogP contribution is 2.37. The largest absolute Gasteiger partial charge is 0.435 e. The van der Waals surface area contributed by atoms with Crippen molar-refractivity contribution in [3.8, 4) is 0 Å². The molecule has 1 aromatic carbocycles. The van der Waals surface area contributed by atoms with Gasteiger partial charge in [0.05, 0.1) is 11.6 Å². The molecule has 12 heteroatoms. The van der Waals surface area contributed by atoms with Gasteiger partial charge in [0.2, 0.25) is 0 Å². The summed E-state index contributed by atoms with van der Waals surface area (Å²) in [6.07, 6.45) is -6.87. The first-order valence-corrected chi connectivity index (χ1v) is 12.1. The molecule has 35 heavy (non-hydrogen) atoms. The molecular formula is C23H27F6N3O2S. The Morgan fingerprint density at radius 2 is 1.89 bits per heavy atom. The van der Waals surface area contributed by atoms with Gasteiger partial charge in [0, 0.05) is 12.6 Å². The molecule has 0 radical (unpaired) electrons. The van der Waals surface area contributed by atoms with Crippen molar-refractivity contribution in [2.45, 2.75) is 70.1 Å². The molecule has 194 valence electrons. The molecule has 0 saturated heterocycles. The number of benzene rings is 1. The molecule has 1 saturated carbocycles. The van der Waals surface area contributed by atoms with E-state index in [4.69, 9.17) is 0 Å². The van der Waals surface area contributed by atoms with Crippen LogP contribution in [0.25, 0.3) is 0 Å². The first-order valence-electron chi connectivity index (χ1n) is 11.3. The van der Waals surface area contributed by atoms with Crippen LogP contribution in [0.5, 0.6) is 0 Å². The number of nitrogens with zero attached hydrogens (tertiary/aromatic N) is 1. The standard InChI is InChI=1S/C23H27F6N3O2S/c1-3-16(9-13-7-8-13)30-11-17(33)21-32-19(23(27,28)29)18(35-21)20(34)31-12(2)14-5-4-6-15(10-14)22(24,25)26/h4-6,10,12-13,16-17,30,33H,3,7-9,11H2,1-2H3,(H,31,34). The molecule has 3 rings (SSSR count). The van der Waals surface area contributed by atoms with Gasteiger partial charge in [0.15, 0.2) is 5.69 Å². The van der Waals surface area contributed by atoms with Crippen molar-refractivity contribution in [2.24, 2.45) is 5.92 Å². The van der Waals surface area contributed by atoms with E-state index >= 15 is 0 Å². The van der Waals surface area contributed by atoms with Gasteiger partial charge in [-0.2, -0.15) is 26.3 Å². The van der Waals surface area contributed by atoms with Crippen molar-refractivity contribution in [2.75, 3.05) is 6.54 Å². The second-order valence-electron chi connectivity index (χ2n) is 8.75. The number of aliphatic hydroxyl groups is 1. The molecule has 1 aliphatic rings. The zero-order chi connectivity index (χ0) is 26.0. The van der Waals surface area contributed by atoms with Crippen LogP contribution >= 0.6 is 11.3 Å². The Morgan fingerprint density at radius 3 is 2.46 bits per heavy atom. The number of thiazole rings is 1. The molecule has 0 bridgehead atoms. The molecule has 3 atom stereocenters. The van der Waals surface area contributed by atoms with E-state index in [0.717, 1.165) is 43.9 Å². The smallest absolute Gasteiger partial charge is 0.385 e. The summed E-state index contributed by atoms with van der Waals surface area (Å²) < 4.78 is 79.7. The highest BCUT2D eigenvalue weighted by atomic mass is 32.1. The Hall–Kier alpha value is -2.18. The van der Waals surface area contributed by atoms with Gasteiger partial charge >= 0.3 is 12.4 Å². The van der Waals surface area contributed by atoms with Gasteiger partial charge in [0.1, 0.15) is 16.0 Å². The van der Waals surface area contributed by atoms with Crippen LogP contribution in [-0.4, -0.2) is 28.6 Å². The Balaban J connectivity index is 1.74. The fourth-order valence-corrected chi connectivity index (χ4v) is 4.65. The second kappa shape index (κ2) is 10.8. The minimum absolute atomic E-state index is 0.0161. The summed E-state index contributed by atoms with van der Waals surface area (Å²) in [7, 11) is 0. The van der Waals surface area contributed by atoms with Crippen LogP contribution in [0.3, 0.4) is 0 Å². The number of amides is 1. The zero-order valence-electron chi connectivity index (χ0n) is 19.1. The highest BCUT2D eigenvalue weighted by Gasteiger charge is 2.40. The molecule has 1 aromatic heterocycles. The predicted molar refractivity (Wildman–Crippen MR) is 119 cm³/mol. The van der Waals surface area contributed by atoms with Crippen LogP contribution in [-0.2, 0) is 12.4 Å². The molecule has 3 N–H and O–H groups in total. The molecule has 0 spiro atoms. The average Bonchev–Trinajstić information content (AvgIpc) is 3.47. The summed E-state index contributed by atoms with van der Waals surface area (Å²) in [5.74, 6) is -0.498. The molecule has 2 aromatic rings. The SMILES string of the molecule is CCC(CC1CC1)NCC(O)c1nc(C(F)(F)F)c(C(=O)NC(C)c2cccc(C(F)(F)F)c2)s1. The van der Waals surface area contributed by atoms with E-state index in [2.05, 4.69) is 15.6 Å². The Kier molecular flexibility index (Phi) is 8.48. The van der Waals surface area contributed by atoms with Crippen LogP contribution in [0.2, 0.25) is 0 Å². The van der Waals surface area contributed by atoms with Crippen LogP contribution in [0.4, 0.5) is 26.3 Å². The van der Waals surface area contributed by atoms with E-state index in [1.807, 2.05) is 6.92 Å². The summed E-state index contributed by atoms with van der Waals surface area (Å²) in [6.45, 7) is 3.33. The summed E-state index contributed by atoms with van der Waals surface area (Å²) in [6, 6.07) is 3.30. The van der Waals surface area contributed by atoms with Crippen LogP contribution in [0.15, 0.2) is 24.3 Å². The summed E-state index contributed by atoms with van der Waals surface area (Å²) in [5, 5.41) is 15.6. The molecule has 5 nitrogen and oxygen atoms in total. The maximum atomic E-state index is 13.6. The lowest BCUT2D eigenvalue weighted by atomic mass is 10.0. The number of halogens is 6. The van der Waals surface area contributed by atoms with Crippen molar-refractivity contribution in [3.05, 3.63) is 51.0 Å². The molecule has 1 amide bonds. The normalized spacial score (nSPS) is 17.2. The molecule has 1 heterocycles. The number of aromatic nitrogens is 1. The predicted octanol–water partition coefficient (Wildman–Crippen LogP) is 5.87. The van der Waals surface area contributed by atoms with E-state index in [0.29, 0.717) is 17.3 Å². The fraction of sp³-hybridized carbons (Fsp3) is 0.565. The van der Waals surface area contributed by atoms with Crippen molar-refractivity contribution in [1.29, 1.82) is 0 Å². The van der Waals surface area contributed by atoms with Gasteiger partial charge in [0.25, 0.3) is 5.91 Å². The van der Waals surface area contributed by atoms with Crippen LogP contribution in [0.1, 0.15) is 83.2 Å². The lowest BCUT2D eigenvalue weighted by molar-refractivity contribution is -0.141. The number of nitrogens with one attached hydrogen (secondary N) is 2. The number of hydrogen-bond donors (Lipinski definition) is 3. The van der Waals surface area contributed by atoms with Gasteiger partial charge in [-0.15, -0.1) is 11.3 Å². The van der Waals surface area contributed by atoms with E-state index in [1.165, 1.54) is 13.0 Å². The third-order valence-electron chi connectivity index (χ3n) is 5.87. The minimum atomic E-state index is -4.95. The highest BCUT2D eigenvalue weighted by molar-refractivity contribution is 7.13. The van der Waals surface area contributed by atoms with Gasteiger partial charge in [-0.25, -0.2) is 4.98 Å². The van der Waals surface area contributed by atoms with Crippen LogP contribution in [0, 0.1) is 5.92 Å². The summed E-state index contributed by atoms with van der Waals surface area (Å²) in [5.41, 5.74) is -2.29. The minimum Gasteiger partial charge on any atom is -0.385 e. The van der Waals surface area contributed by atoms with E-state index in [-0.39, 0.29) is 23.2 Å². The Morgan fingerprint density at radius 1 is 1.20 bits per heavy atom. The average molecular weight is 524 g/mol. The third-order valence-corrected chi connectivity index (χ3v) is 7.03. The maximum absolute atomic E-state index is 13.6.